The third-order valence-corrected chi connectivity index (χ3v) is 4.01. The summed E-state index contributed by atoms with van der Waals surface area (Å²) in [5.41, 5.74) is 1.13. The highest BCUT2D eigenvalue weighted by Crippen LogP contribution is 2.24. The first-order chi connectivity index (χ1) is 9.99. The molecule has 1 fully saturated rings. The fraction of sp³-hybridized carbons (Fsp3) is 0.500. The van der Waals surface area contributed by atoms with Crippen LogP contribution in [0.4, 0.5) is 0 Å². The van der Waals surface area contributed by atoms with E-state index in [9.17, 15) is 14.7 Å². The van der Waals surface area contributed by atoms with Gasteiger partial charge in [0.05, 0.1) is 5.92 Å². The Morgan fingerprint density at radius 2 is 2.00 bits per heavy atom. The fourth-order valence-corrected chi connectivity index (χ4v) is 2.69. The molecule has 0 aromatic heterocycles. The summed E-state index contributed by atoms with van der Waals surface area (Å²) >= 11 is 0. The van der Waals surface area contributed by atoms with Crippen LogP contribution in [0.3, 0.4) is 0 Å². The quantitative estimate of drug-likeness (QED) is 0.922. The molecule has 5 heteroatoms. The lowest BCUT2D eigenvalue weighted by Crippen LogP contribution is -2.50. The highest BCUT2D eigenvalue weighted by molar-refractivity contribution is 5.80. The zero-order valence-corrected chi connectivity index (χ0v) is 12.4. The number of amides is 1. The van der Waals surface area contributed by atoms with Crippen LogP contribution >= 0.6 is 0 Å². The van der Waals surface area contributed by atoms with Crippen molar-refractivity contribution in [2.24, 2.45) is 5.92 Å². The lowest BCUT2D eigenvalue weighted by Gasteiger charge is -2.37. The van der Waals surface area contributed by atoms with Crippen LogP contribution < -0.4 is 4.74 Å². The molecule has 114 valence electrons. The first-order valence-electron chi connectivity index (χ1n) is 7.21. The lowest BCUT2D eigenvalue weighted by molar-refractivity contribution is -0.149. The maximum Gasteiger partial charge on any atom is 0.308 e. The van der Waals surface area contributed by atoms with E-state index in [0.717, 1.165) is 12.0 Å². The third-order valence-electron chi connectivity index (χ3n) is 4.01. The molecule has 1 amide bonds. The van der Waals surface area contributed by atoms with Gasteiger partial charge < -0.3 is 14.7 Å². The van der Waals surface area contributed by atoms with E-state index in [0.29, 0.717) is 18.7 Å². The molecule has 0 unspecified atom stereocenters. The van der Waals surface area contributed by atoms with Crippen molar-refractivity contribution in [1.29, 1.82) is 0 Å². The summed E-state index contributed by atoms with van der Waals surface area (Å²) in [6.45, 7) is 4.32. The molecule has 1 aliphatic rings. The largest absolute Gasteiger partial charge is 0.484 e. The minimum Gasteiger partial charge on any atom is -0.484 e. The Bertz CT molecular complexity index is 512. The van der Waals surface area contributed by atoms with Crippen LogP contribution in [-0.2, 0) is 9.59 Å². The van der Waals surface area contributed by atoms with Gasteiger partial charge in [-0.3, -0.25) is 9.59 Å². The highest BCUT2D eigenvalue weighted by atomic mass is 16.5. The summed E-state index contributed by atoms with van der Waals surface area (Å²) in [5, 5.41) is 9.17. The van der Waals surface area contributed by atoms with Crippen LogP contribution in [0.25, 0.3) is 0 Å². The molecule has 1 aliphatic heterocycles. The van der Waals surface area contributed by atoms with Gasteiger partial charge in [0.1, 0.15) is 5.75 Å². The number of aryl methyl sites for hydroxylation is 1. The van der Waals surface area contributed by atoms with Crippen LogP contribution in [0.5, 0.6) is 5.75 Å². The molecular formula is C16H21NO4. The molecule has 0 spiro atoms. The topological polar surface area (TPSA) is 66.8 Å². The van der Waals surface area contributed by atoms with Gasteiger partial charge in [-0.1, -0.05) is 17.7 Å². The Balaban J connectivity index is 1.93. The predicted octanol–water partition coefficient (Wildman–Crippen LogP) is 2.09. The second kappa shape index (κ2) is 6.61. The Hall–Kier alpha value is -2.04. The number of nitrogens with zero attached hydrogens (tertiary/aromatic N) is 1. The minimum atomic E-state index is -0.834. The molecule has 5 nitrogen and oxygen atoms in total. The number of likely N-dealkylation sites (tertiary alicyclic amines) is 1. The van der Waals surface area contributed by atoms with E-state index in [1.54, 1.807) is 11.8 Å². The number of carbonyl (C=O) groups is 2. The Morgan fingerprint density at radius 1 is 1.33 bits per heavy atom. The molecule has 1 heterocycles. The zero-order valence-electron chi connectivity index (χ0n) is 12.4. The van der Waals surface area contributed by atoms with E-state index in [1.807, 2.05) is 31.2 Å². The molecule has 2 rings (SSSR count). The Labute approximate surface area is 124 Å². The number of piperidine rings is 1. The average molecular weight is 291 g/mol. The number of benzene rings is 1. The Kier molecular flexibility index (Phi) is 4.83. The van der Waals surface area contributed by atoms with Crippen LogP contribution in [0, 0.1) is 12.8 Å². The standard InChI is InChI=1S/C16H21NO4/c1-11-5-7-13(8-6-11)21-10-15(18)17-9-3-4-14(12(17)2)16(19)20/h5-8,12,14H,3-4,9-10H2,1-2H3,(H,19,20)/t12-,14-/m1/s1. The SMILES string of the molecule is Cc1ccc(OCC(=O)N2CCC[C@@H](C(=O)O)[C@H]2C)cc1. The maximum atomic E-state index is 12.2. The Morgan fingerprint density at radius 3 is 2.62 bits per heavy atom. The monoisotopic (exact) mass is 291 g/mol. The lowest BCUT2D eigenvalue weighted by atomic mass is 9.90. The van der Waals surface area contributed by atoms with Gasteiger partial charge in [-0.2, -0.15) is 0 Å². The molecule has 2 atom stereocenters. The van der Waals surface area contributed by atoms with Gasteiger partial charge in [-0.05, 0) is 38.8 Å². The first-order valence-corrected chi connectivity index (χ1v) is 7.21. The molecule has 1 aromatic carbocycles. The number of aliphatic carboxylic acids is 1. The zero-order chi connectivity index (χ0) is 15.4. The van der Waals surface area contributed by atoms with Crippen LogP contribution in [0.1, 0.15) is 25.3 Å². The normalized spacial score (nSPS) is 21.9. The first kappa shape index (κ1) is 15.4. The second-order valence-electron chi connectivity index (χ2n) is 5.52. The van der Waals surface area contributed by atoms with Gasteiger partial charge >= 0.3 is 5.97 Å². The van der Waals surface area contributed by atoms with Gasteiger partial charge in [-0.25, -0.2) is 0 Å². The van der Waals surface area contributed by atoms with Crippen molar-refractivity contribution in [2.75, 3.05) is 13.2 Å². The molecule has 1 N–H and O–H groups in total. The van der Waals surface area contributed by atoms with Gasteiger partial charge in [-0.15, -0.1) is 0 Å². The molecule has 0 aliphatic carbocycles. The molecule has 1 saturated heterocycles. The van der Waals surface area contributed by atoms with Crippen molar-refractivity contribution in [3.05, 3.63) is 29.8 Å². The number of hydrogen-bond acceptors (Lipinski definition) is 3. The molecule has 1 aromatic rings. The summed E-state index contributed by atoms with van der Waals surface area (Å²) in [5.74, 6) is -0.830. The average Bonchev–Trinajstić information content (AvgIpc) is 2.46. The number of rotatable bonds is 4. The predicted molar refractivity (Wildman–Crippen MR) is 78.2 cm³/mol. The van der Waals surface area contributed by atoms with Crippen LogP contribution in [0.15, 0.2) is 24.3 Å². The summed E-state index contributed by atoms with van der Waals surface area (Å²) in [4.78, 5) is 25.0. The van der Waals surface area contributed by atoms with Crippen LogP contribution in [-0.4, -0.2) is 41.1 Å². The van der Waals surface area contributed by atoms with E-state index < -0.39 is 11.9 Å². The molecule has 21 heavy (non-hydrogen) atoms. The van der Waals surface area contributed by atoms with Crippen molar-refractivity contribution in [2.45, 2.75) is 32.7 Å². The number of carboxylic acids is 1. The van der Waals surface area contributed by atoms with E-state index in [1.165, 1.54) is 0 Å². The summed E-state index contributed by atoms with van der Waals surface area (Å²) in [6, 6.07) is 7.20. The van der Waals surface area contributed by atoms with E-state index in [2.05, 4.69) is 0 Å². The van der Waals surface area contributed by atoms with E-state index in [-0.39, 0.29) is 18.6 Å². The number of carbonyl (C=O) groups excluding carboxylic acids is 1. The fourth-order valence-electron chi connectivity index (χ4n) is 2.69. The highest BCUT2D eigenvalue weighted by Gasteiger charge is 2.35. The van der Waals surface area contributed by atoms with Crippen molar-refractivity contribution in [1.82, 2.24) is 4.90 Å². The smallest absolute Gasteiger partial charge is 0.308 e. The summed E-state index contributed by atoms with van der Waals surface area (Å²) in [7, 11) is 0. The number of carboxylic acid groups (broad SMARTS) is 1. The van der Waals surface area contributed by atoms with E-state index in [4.69, 9.17) is 4.74 Å². The molecule has 0 saturated carbocycles. The second-order valence-corrected chi connectivity index (χ2v) is 5.52. The molecular weight excluding hydrogens is 270 g/mol. The van der Waals surface area contributed by atoms with Crippen molar-refractivity contribution < 1.29 is 19.4 Å². The van der Waals surface area contributed by atoms with Crippen molar-refractivity contribution in [3.63, 3.8) is 0 Å². The molecule has 0 radical (unpaired) electrons. The van der Waals surface area contributed by atoms with Gasteiger partial charge in [0.15, 0.2) is 6.61 Å². The van der Waals surface area contributed by atoms with Gasteiger partial charge in [0.25, 0.3) is 5.91 Å². The van der Waals surface area contributed by atoms with Gasteiger partial charge in [0, 0.05) is 12.6 Å². The van der Waals surface area contributed by atoms with E-state index >= 15 is 0 Å². The van der Waals surface area contributed by atoms with Crippen molar-refractivity contribution in [3.8, 4) is 5.75 Å². The van der Waals surface area contributed by atoms with Crippen molar-refractivity contribution >= 4 is 11.9 Å². The summed E-state index contributed by atoms with van der Waals surface area (Å²) < 4.78 is 5.48. The third kappa shape index (κ3) is 3.74. The maximum absolute atomic E-state index is 12.2. The number of ether oxygens (including phenoxy) is 1. The minimum absolute atomic E-state index is 0.0558. The van der Waals surface area contributed by atoms with Gasteiger partial charge in [0.2, 0.25) is 0 Å². The summed E-state index contributed by atoms with van der Waals surface area (Å²) in [6.07, 6.45) is 1.34. The number of hydrogen-bond donors (Lipinski definition) is 1. The molecule has 0 bridgehead atoms. The van der Waals surface area contributed by atoms with Crippen LogP contribution in [0.2, 0.25) is 0 Å².